The molecular weight excluding hydrogens is 420 g/mol. The van der Waals surface area contributed by atoms with Crippen LogP contribution >= 0.6 is 0 Å². The first-order chi connectivity index (χ1) is 16.5. The lowest BCUT2D eigenvalue weighted by molar-refractivity contribution is -0.118. The Labute approximate surface area is 201 Å². The maximum Gasteiger partial charge on any atom is 0.246 e. The Morgan fingerprint density at radius 3 is 2.15 bits per heavy atom. The first kappa shape index (κ1) is 23.3. The number of aromatic nitrogens is 2. The molecule has 1 heterocycles. The highest BCUT2D eigenvalue weighted by atomic mass is 16.2. The summed E-state index contributed by atoms with van der Waals surface area (Å²) in [7, 11) is 0. The Kier molecular flexibility index (Phi) is 7.45. The van der Waals surface area contributed by atoms with Gasteiger partial charge in [0.15, 0.2) is 0 Å². The van der Waals surface area contributed by atoms with Gasteiger partial charge in [-0.25, -0.2) is 0 Å². The number of aryl methyl sites for hydroxylation is 2. The molecule has 0 radical (unpaired) electrons. The number of benzene rings is 3. The molecule has 1 aromatic heterocycles. The minimum absolute atomic E-state index is 0.0924. The molecule has 0 unspecified atom stereocenters. The summed E-state index contributed by atoms with van der Waals surface area (Å²) < 4.78 is 0. The van der Waals surface area contributed by atoms with Crippen molar-refractivity contribution in [2.24, 2.45) is 0 Å². The molecule has 5 heteroatoms. The predicted molar refractivity (Wildman–Crippen MR) is 138 cm³/mol. The van der Waals surface area contributed by atoms with Gasteiger partial charge in [0.1, 0.15) is 6.04 Å². The fourth-order valence-corrected chi connectivity index (χ4v) is 3.81. The lowest BCUT2D eigenvalue weighted by atomic mass is 9.98. The minimum Gasteiger partial charge on any atom is -0.324 e. The van der Waals surface area contributed by atoms with Crippen molar-refractivity contribution in [2.45, 2.75) is 32.7 Å². The molecule has 1 amide bonds. The van der Waals surface area contributed by atoms with Crippen LogP contribution < -0.4 is 10.6 Å². The normalized spacial score (nSPS) is 12.7. The summed E-state index contributed by atoms with van der Waals surface area (Å²) in [6.07, 6.45) is 0. The van der Waals surface area contributed by atoms with Crippen molar-refractivity contribution in [1.82, 2.24) is 15.5 Å². The SMILES string of the molecule is Cc1ccc([C@H](C)CN[C@H](C(=O)Nc2ccc(-c3ccc(C)nn3)cc2)c2ccccc2)cc1. The van der Waals surface area contributed by atoms with Gasteiger partial charge in [-0.2, -0.15) is 10.2 Å². The van der Waals surface area contributed by atoms with Crippen LogP contribution in [0.15, 0.2) is 91.0 Å². The van der Waals surface area contributed by atoms with Crippen LogP contribution in [0.2, 0.25) is 0 Å². The summed E-state index contributed by atoms with van der Waals surface area (Å²) in [5.41, 5.74) is 6.80. The number of carbonyl (C=O) groups is 1. The molecule has 0 fully saturated rings. The molecule has 0 saturated carbocycles. The fraction of sp³-hybridized carbons (Fsp3) is 0.207. The molecule has 0 spiro atoms. The third-order valence-corrected chi connectivity index (χ3v) is 5.92. The topological polar surface area (TPSA) is 66.9 Å². The largest absolute Gasteiger partial charge is 0.324 e. The summed E-state index contributed by atoms with van der Waals surface area (Å²) in [6, 6.07) is 29.5. The van der Waals surface area contributed by atoms with E-state index in [-0.39, 0.29) is 11.8 Å². The van der Waals surface area contributed by atoms with Gasteiger partial charge in [-0.3, -0.25) is 4.79 Å². The first-order valence-electron chi connectivity index (χ1n) is 11.6. The molecule has 0 bridgehead atoms. The van der Waals surface area contributed by atoms with Crippen molar-refractivity contribution in [3.05, 3.63) is 113 Å². The summed E-state index contributed by atoms with van der Waals surface area (Å²) in [4.78, 5) is 13.3. The maximum atomic E-state index is 13.3. The monoisotopic (exact) mass is 450 g/mol. The summed E-state index contributed by atoms with van der Waals surface area (Å²) in [5, 5.41) is 14.9. The average Bonchev–Trinajstić information content (AvgIpc) is 2.86. The van der Waals surface area contributed by atoms with Crippen LogP contribution in [0, 0.1) is 13.8 Å². The molecule has 0 aliphatic heterocycles. The lowest BCUT2D eigenvalue weighted by Gasteiger charge is -2.22. The second-order valence-corrected chi connectivity index (χ2v) is 8.69. The van der Waals surface area contributed by atoms with Crippen molar-refractivity contribution in [2.75, 3.05) is 11.9 Å². The zero-order valence-electron chi connectivity index (χ0n) is 19.8. The Bertz CT molecular complexity index is 1200. The number of hydrogen-bond donors (Lipinski definition) is 2. The molecule has 4 rings (SSSR count). The first-order valence-corrected chi connectivity index (χ1v) is 11.6. The Hall–Kier alpha value is -3.83. The van der Waals surface area contributed by atoms with E-state index in [1.807, 2.05) is 73.7 Å². The van der Waals surface area contributed by atoms with Gasteiger partial charge in [0.05, 0.1) is 11.4 Å². The molecule has 172 valence electrons. The van der Waals surface area contributed by atoms with Crippen molar-refractivity contribution in [3.63, 3.8) is 0 Å². The molecule has 4 aromatic rings. The zero-order valence-corrected chi connectivity index (χ0v) is 19.8. The van der Waals surface area contributed by atoms with Crippen LogP contribution in [0.5, 0.6) is 0 Å². The highest BCUT2D eigenvalue weighted by Gasteiger charge is 2.21. The highest BCUT2D eigenvalue weighted by Crippen LogP contribution is 2.22. The summed E-state index contributed by atoms with van der Waals surface area (Å²) in [6.45, 7) is 6.85. The third-order valence-electron chi connectivity index (χ3n) is 5.92. The number of carbonyl (C=O) groups excluding carboxylic acids is 1. The van der Waals surface area contributed by atoms with Gasteiger partial charge in [-0.15, -0.1) is 0 Å². The lowest BCUT2D eigenvalue weighted by Crippen LogP contribution is -2.35. The van der Waals surface area contributed by atoms with Gasteiger partial charge in [-0.1, -0.05) is 79.2 Å². The number of hydrogen-bond acceptors (Lipinski definition) is 4. The molecule has 34 heavy (non-hydrogen) atoms. The molecule has 3 aromatic carbocycles. The fourth-order valence-electron chi connectivity index (χ4n) is 3.81. The molecule has 2 N–H and O–H groups in total. The molecular formula is C29H30N4O. The second kappa shape index (κ2) is 10.9. The van der Waals surface area contributed by atoms with E-state index in [1.54, 1.807) is 0 Å². The van der Waals surface area contributed by atoms with Crippen LogP contribution in [0.3, 0.4) is 0 Å². The average molecular weight is 451 g/mol. The summed E-state index contributed by atoms with van der Waals surface area (Å²) in [5.74, 6) is 0.180. The van der Waals surface area contributed by atoms with E-state index in [0.717, 1.165) is 28.2 Å². The van der Waals surface area contributed by atoms with E-state index in [2.05, 4.69) is 58.9 Å². The van der Waals surface area contributed by atoms with Gasteiger partial charge in [-0.05, 0) is 55.2 Å². The van der Waals surface area contributed by atoms with Gasteiger partial charge in [0.2, 0.25) is 5.91 Å². The zero-order chi connectivity index (χ0) is 23.9. The minimum atomic E-state index is -0.461. The Balaban J connectivity index is 1.46. The number of nitrogens with one attached hydrogen (secondary N) is 2. The standard InChI is InChI=1S/C29H30N4O/c1-20-9-12-23(13-10-20)21(2)19-30-28(25-7-5-4-6-8-25)29(34)31-26-16-14-24(15-17-26)27-18-11-22(3)32-33-27/h4-18,21,28,30H,19H2,1-3H3,(H,31,34)/t21-,28+/m1/s1. The van der Waals surface area contributed by atoms with E-state index in [4.69, 9.17) is 0 Å². The van der Waals surface area contributed by atoms with Crippen LogP contribution in [-0.2, 0) is 4.79 Å². The van der Waals surface area contributed by atoms with E-state index in [1.165, 1.54) is 11.1 Å². The quantitative estimate of drug-likeness (QED) is 0.354. The van der Waals surface area contributed by atoms with Crippen molar-refractivity contribution >= 4 is 11.6 Å². The highest BCUT2D eigenvalue weighted by molar-refractivity contribution is 5.95. The van der Waals surface area contributed by atoms with E-state index in [0.29, 0.717) is 6.54 Å². The van der Waals surface area contributed by atoms with Crippen LogP contribution in [0.4, 0.5) is 5.69 Å². The van der Waals surface area contributed by atoms with Crippen molar-refractivity contribution in [3.8, 4) is 11.3 Å². The molecule has 0 aliphatic rings. The Morgan fingerprint density at radius 1 is 0.794 bits per heavy atom. The third kappa shape index (κ3) is 5.94. The molecule has 2 atom stereocenters. The smallest absolute Gasteiger partial charge is 0.246 e. The van der Waals surface area contributed by atoms with E-state index in [9.17, 15) is 4.79 Å². The molecule has 0 saturated heterocycles. The van der Waals surface area contributed by atoms with Crippen LogP contribution in [-0.4, -0.2) is 22.6 Å². The van der Waals surface area contributed by atoms with Gasteiger partial charge in [0.25, 0.3) is 0 Å². The second-order valence-electron chi connectivity index (χ2n) is 8.69. The number of rotatable bonds is 8. The van der Waals surface area contributed by atoms with E-state index >= 15 is 0 Å². The molecule has 5 nitrogen and oxygen atoms in total. The van der Waals surface area contributed by atoms with Crippen LogP contribution in [0.25, 0.3) is 11.3 Å². The number of nitrogens with zero attached hydrogens (tertiary/aromatic N) is 2. The van der Waals surface area contributed by atoms with Gasteiger partial charge >= 0.3 is 0 Å². The molecule has 0 aliphatic carbocycles. The number of anilines is 1. The van der Waals surface area contributed by atoms with Gasteiger partial charge in [0, 0.05) is 17.8 Å². The van der Waals surface area contributed by atoms with Crippen molar-refractivity contribution < 1.29 is 4.79 Å². The number of amides is 1. The van der Waals surface area contributed by atoms with Crippen molar-refractivity contribution in [1.29, 1.82) is 0 Å². The van der Waals surface area contributed by atoms with E-state index < -0.39 is 6.04 Å². The maximum absolute atomic E-state index is 13.3. The summed E-state index contributed by atoms with van der Waals surface area (Å²) >= 11 is 0. The predicted octanol–water partition coefficient (Wildman–Crippen LogP) is 5.83. The van der Waals surface area contributed by atoms with Gasteiger partial charge < -0.3 is 10.6 Å². The Morgan fingerprint density at radius 2 is 1.50 bits per heavy atom. The van der Waals surface area contributed by atoms with Crippen LogP contribution in [0.1, 0.15) is 41.3 Å².